The van der Waals surface area contributed by atoms with Crippen molar-refractivity contribution in [3.8, 4) is 0 Å². The summed E-state index contributed by atoms with van der Waals surface area (Å²) in [6.07, 6.45) is 2.10. The molecule has 1 aliphatic rings. The molecule has 13 heavy (non-hydrogen) atoms. The predicted octanol–water partition coefficient (Wildman–Crippen LogP) is 3.47. The van der Waals surface area contributed by atoms with Crippen LogP contribution in [0, 0.1) is 0 Å². The van der Waals surface area contributed by atoms with Gasteiger partial charge in [0.2, 0.25) is 0 Å². The molecule has 0 aromatic heterocycles. The molecule has 0 aliphatic heterocycles. The van der Waals surface area contributed by atoms with Gasteiger partial charge in [-0.3, -0.25) is 0 Å². The molecule has 0 heterocycles. The largest absolute Gasteiger partial charge is 0.324 e. The van der Waals surface area contributed by atoms with Gasteiger partial charge in [-0.1, -0.05) is 27.5 Å². The lowest BCUT2D eigenvalue weighted by molar-refractivity contribution is 0.713. The third-order valence-corrected chi connectivity index (χ3v) is 3.23. The van der Waals surface area contributed by atoms with E-state index < -0.39 is 0 Å². The average Bonchev–Trinajstić information content (AvgIpc) is 2.33. The Balaban J connectivity index is 0.000000845. The molecular weight excluding hydrogens is 273 g/mol. The molecule has 0 unspecified atom stereocenters. The van der Waals surface area contributed by atoms with E-state index in [1.54, 1.807) is 0 Å². The van der Waals surface area contributed by atoms with Gasteiger partial charge in [-0.2, -0.15) is 0 Å². The minimum Gasteiger partial charge on any atom is -0.324 e. The highest BCUT2D eigenvalue weighted by Crippen LogP contribution is 2.36. The van der Waals surface area contributed by atoms with Gasteiger partial charge in [0.25, 0.3) is 0 Å². The van der Waals surface area contributed by atoms with Crippen LogP contribution in [0.15, 0.2) is 16.6 Å². The second-order valence-corrected chi connectivity index (χ2v) is 4.39. The summed E-state index contributed by atoms with van der Waals surface area (Å²) in [6, 6.07) is 4.08. The number of nitrogens with two attached hydrogens (primary N) is 1. The first-order chi connectivity index (χ1) is 5.68. The normalized spacial score (nSPS) is 19.5. The van der Waals surface area contributed by atoms with Gasteiger partial charge in [-0.05, 0) is 36.1 Å². The molecule has 0 radical (unpaired) electrons. The number of rotatable bonds is 0. The Kier molecular flexibility index (Phi) is 3.64. The topological polar surface area (TPSA) is 26.0 Å². The molecule has 2 N–H and O–H groups in total. The van der Waals surface area contributed by atoms with Crippen LogP contribution in [-0.4, -0.2) is 0 Å². The Hall–Kier alpha value is 0.240. The van der Waals surface area contributed by atoms with E-state index in [4.69, 9.17) is 17.3 Å². The van der Waals surface area contributed by atoms with E-state index >= 15 is 0 Å². The number of halogens is 3. The summed E-state index contributed by atoms with van der Waals surface area (Å²) in [4.78, 5) is 0. The molecule has 0 bridgehead atoms. The summed E-state index contributed by atoms with van der Waals surface area (Å²) in [7, 11) is 0. The van der Waals surface area contributed by atoms with Gasteiger partial charge >= 0.3 is 0 Å². The van der Waals surface area contributed by atoms with Crippen LogP contribution in [0.4, 0.5) is 0 Å². The molecular formula is C9H10BrCl2N. The van der Waals surface area contributed by atoms with E-state index in [0.717, 1.165) is 22.3 Å². The SMILES string of the molecule is Cl.N[C@@H]1CCc2c(Br)cc(Cl)cc21. The van der Waals surface area contributed by atoms with E-state index in [1.165, 1.54) is 11.1 Å². The summed E-state index contributed by atoms with van der Waals surface area (Å²) in [5.41, 5.74) is 8.43. The van der Waals surface area contributed by atoms with Crippen LogP contribution in [0.25, 0.3) is 0 Å². The zero-order valence-corrected chi connectivity index (χ0v) is 10.0. The van der Waals surface area contributed by atoms with Crippen molar-refractivity contribution in [2.24, 2.45) is 5.73 Å². The Morgan fingerprint density at radius 2 is 2.15 bits per heavy atom. The lowest BCUT2D eigenvalue weighted by Crippen LogP contribution is -2.04. The van der Waals surface area contributed by atoms with E-state index in [9.17, 15) is 0 Å². The van der Waals surface area contributed by atoms with Gasteiger partial charge in [-0.25, -0.2) is 0 Å². The van der Waals surface area contributed by atoms with Crippen molar-refractivity contribution in [3.05, 3.63) is 32.8 Å². The van der Waals surface area contributed by atoms with Gasteiger partial charge in [0.1, 0.15) is 0 Å². The second-order valence-electron chi connectivity index (χ2n) is 3.10. The van der Waals surface area contributed by atoms with Gasteiger partial charge in [0, 0.05) is 15.5 Å². The average molecular weight is 283 g/mol. The zero-order valence-electron chi connectivity index (χ0n) is 6.89. The number of hydrogen-bond acceptors (Lipinski definition) is 1. The van der Waals surface area contributed by atoms with Crippen molar-refractivity contribution in [3.63, 3.8) is 0 Å². The Labute approximate surface area is 97.2 Å². The third kappa shape index (κ3) is 2.01. The van der Waals surface area contributed by atoms with Gasteiger partial charge in [0.15, 0.2) is 0 Å². The fraction of sp³-hybridized carbons (Fsp3) is 0.333. The van der Waals surface area contributed by atoms with Gasteiger partial charge < -0.3 is 5.73 Å². The second kappa shape index (κ2) is 4.18. The van der Waals surface area contributed by atoms with Gasteiger partial charge in [0.05, 0.1) is 0 Å². The quantitative estimate of drug-likeness (QED) is 0.775. The van der Waals surface area contributed by atoms with Crippen LogP contribution in [-0.2, 0) is 6.42 Å². The van der Waals surface area contributed by atoms with Crippen molar-refractivity contribution < 1.29 is 0 Å². The lowest BCUT2D eigenvalue weighted by atomic mass is 10.1. The zero-order chi connectivity index (χ0) is 8.72. The maximum Gasteiger partial charge on any atom is 0.0420 e. The molecule has 1 aromatic rings. The first-order valence-corrected chi connectivity index (χ1v) is 5.09. The summed E-state index contributed by atoms with van der Waals surface area (Å²) >= 11 is 9.39. The van der Waals surface area contributed by atoms with Crippen molar-refractivity contribution >= 4 is 39.9 Å². The molecule has 1 aromatic carbocycles. The molecule has 2 rings (SSSR count). The first kappa shape index (κ1) is 11.3. The summed E-state index contributed by atoms with van der Waals surface area (Å²) in [5.74, 6) is 0. The fourth-order valence-electron chi connectivity index (χ4n) is 1.67. The van der Waals surface area contributed by atoms with E-state index in [2.05, 4.69) is 15.9 Å². The van der Waals surface area contributed by atoms with Crippen LogP contribution < -0.4 is 5.73 Å². The van der Waals surface area contributed by atoms with Crippen molar-refractivity contribution in [1.82, 2.24) is 0 Å². The highest BCUT2D eigenvalue weighted by atomic mass is 79.9. The standard InChI is InChI=1S/C9H9BrClN.ClH/c10-8-4-5(11)3-7-6(8)1-2-9(7)12;/h3-4,9H,1-2,12H2;1H/t9-;/m1./s1. The summed E-state index contributed by atoms with van der Waals surface area (Å²) in [6.45, 7) is 0. The molecule has 0 saturated carbocycles. The Morgan fingerprint density at radius 1 is 1.46 bits per heavy atom. The first-order valence-electron chi connectivity index (χ1n) is 3.92. The maximum absolute atomic E-state index is 5.91. The Morgan fingerprint density at radius 3 is 2.85 bits per heavy atom. The predicted molar refractivity (Wildman–Crippen MR) is 61.6 cm³/mol. The highest BCUT2D eigenvalue weighted by Gasteiger charge is 2.21. The monoisotopic (exact) mass is 281 g/mol. The number of fused-ring (bicyclic) bond motifs is 1. The molecule has 1 aliphatic carbocycles. The van der Waals surface area contributed by atoms with Crippen molar-refractivity contribution in [2.75, 3.05) is 0 Å². The van der Waals surface area contributed by atoms with Crippen LogP contribution in [0.2, 0.25) is 5.02 Å². The van der Waals surface area contributed by atoms with Crippen LogP contribution in [0.5, 0.6) is 0 Å². The van der Waals surface area contributed by atoms with Gasteiger partial charge in [-0.15, -0.1) is 12.4 Å². The fourth-order valence-corrected chi connectivity index (χ4v) is 2.71. The van der Waals surface area contributed by atoms with E-state index in [-0.39, 0.29) is 18.4 Å². The highest BCUT2D eigenvalue weighted by molar-refractivity contribution is 9.10. The van der Waals surface area contributed by atoms with E-state index in [0.29, 0.717) is 0 Å². The van der Waals surface area contributed by atoms with Crippen molar-refractivity contribution in [1.29, 1.82) is 0 Å². The minimum absolute atomic E-state index is 0. The lowest BCUT2D eigenvalue weighted by Gasteiger charge is -2.06. The Bertz CT molecular complexity index is 328. The molecule has 4 heteroatoms. The molecule has 1 nitrogen and oxygen atoms in total. The van der Waals surface area contributed by atoms with Crippen LogP contribution in [0.3, 0.4) is 0 Å². The molecule has 0 spiro atoms. The minimum atomic E-state index is 0. The molecule has 0 fully saturated rings. The molecule has 1 atom stereocenters. The summed E-state index contributed by atoms with van der Waals surface area (Å²) in [5, 5.41) is 0.762. The van der Waals surface area contributed by atoms with Crippen LogP contribution in [0.1, 0.15) is 23.6 Å². The van der Waals surface area contributed by atoms with E-state index in [1.807, 2.05) is 12.1 Å². The third-order valence-electron chi connectivity index (χ3n) is 2.30. The number of hydrogen-bond donors (Lipinski definition) is 1. The molecule has 72 valence electrons. The summed E-state index contributed by atoms with van der Waals surface area (Å²) < 4.78 is 1.10. The number of benzene rings is 1. The van der Waals surface area contributed by atoms with Crippen LogP contribution >= 0.6 is 39.9 Å². The smallest absolute Gasteiger partial charge is 0.0420 e. The van der Waals surface area contributed by atoms with Crippen molar-refractivity contribution in [2.45, 2.75) is 18.9 Å². The molecule has 0 amide bonds. The maximum atomic E-state index is 5.91. The molecule has 0 saturated heterocycles.